The third-order valence-corrected chi connectivity index (χ3v) is 3.58. The third kappa shape index (κ3) is 1.57. The van der Waals surface area contributed by atoms with Crippen LogP contribution in [0.2, 0.25) is 0 Å². The van der Waals surface area contributed by atoms with Crippen LogP contribution < -0.4 is 5.73 Å². The van der Waals surface area contributed by atoms with Crippen LogP contribution in [0.4, 0.5) is 0 Å². The van der Waals surface area contributed by atoms with Gasteiger partial charge in [0.1, 0.15) is 8.70 Å². The molecular weight excluding hydrogens is 174 g/mol. The van der Waals surface area contributed by atoms with Gasteiger partial charge in [-0.1, -0.05) is 32.9 Å². The molecule has 0 aliphatic carbocycles. The molecule has 0 saturated carbocycles. The van der Waals surface area contributed by atoms with Crippen LogP contribution in [0, 0.1) is 3.82 Å². The molecule has 0 aromatic carbocycles. The van der Waals surface area contributed by atoms with Crippen molar-refractivity contribution in [2.24, 2.45) is 5.73 Å². The number of carbonyl (C=O) groups is 1. The number of hydrogen-bond donors (Lipinski definition) is 1. The molecule has 0 atom stereocenters. The summed E-state index contributed by atoms with van der Waals surface area (Å²) in [6.07, 6.45) is 0. The molecule has 1 aromatic rings. The Morgan fingerprint density at radius 1 is 1.67 bits per heavy atom. The average molecular weight is 177 g/mol. The molecule has 1 amide bonds. The van der Waals surface area contributed by atoms with Crippen LogP contribution in [0.25, 0.3) is 0 Å². The van der Waals surface area contributed by atoms with Gasteiger partial charge < -0.3 is 5.73 Å². The predicted molar refractivity (Wildman–Crippen MR) is 41.5 cm³/mol. The van der Waals surface area contributed by atoms with E-state index in [2.05, 4.69) is 0 Å². The fraction of sp³-hybridized carbons (Fsp3) is 0. The quantitative estimate of drug-likeness (QED) is 0.523. The molecule has 48 valence electrons. The van der Waals surface area contributed by atoms with Gasteiger partial charge in [-0.05, 0) is 6.07 Å². The minimum Gasteiger partial charge on any atom is -0.365 e. The lowest BCUT2D eigenvalue weighted by molar-refractivity contribution is 0.100. The van der Waals surface area contributed by atoms with Gasteiger partial charge in [0.15, 0.2) is 0 Å². The molecule has 5 heteroatoms. The maximum Gasteiger partial charge on any atom is 0.259 e. The topological polar surface area (TPSA) is 43.1 Å². The number of rotatable bonds is 1. The molecule has 0 unspecified atom stereocenters. The first-order chi connectivity index (χ1) is 4.20. The zero-order valence-electron chi connectivity index (χ0n) is 4.29. The van der Waals surface area contributed by atoms with Gasteiger partial charge in [0.05, 0.1) is 0 Å². The molecule has 1 heterocycles. The largest absolute Gasteiger partial charge is 0.365 e. The van der Waals surface area contributed by atoms with Crippen LogP contribution in [0.15, 0.2) is 6.07 Å². The van der Waals surface area contributed by atoms with Crippen molar-refractivity contribution in [3.05, 3.63) is 14.8 Å². The van der Waals surface area contributed by atoms with Gasteiger partial charge in [0.25, 0.3) is 5.91 Å². The van der Waals surface area contributed by atoms with E-state index < -0.39 is 5.91 Å². The summed E-state index contributed by atoms with van der Waals surface area (Å²) in [6.45, 7) is 0. The predicted octanol–water partition coefficient (Wildman–Crippen LogP) is 1.64. The smallest absolute Gasteiger partial charge is 0.259 e. The van der Waals surface area contributed by atoms with Gasteiger partial charge in [-0.25, -0.2) is 0 Å². The van der Waals surface area contributed by atoms with E-state index in [9.17, 15) is 4.79 Å². The standard InChI is InChI=1S/C4H3NOS3/c5-4(6)2-1-3(7)9-8-2/h1H,(H2,5,6). The van der Waals surface area contributed by atoms with Gasteiger partial charge in [0.2, 0.25) is 0 Å². The molecule has 2 nitrogen and oxygen atoms in total. The van der Waals surface area contributed by atoms with E-state index in [1.807, 2.05) is 0 Å². The second kappa shape index (κ2) is 2.55. The lowest BCUT2D eigenvalue weighted by Gasteiger charge is -1.79. The molecule has 0 saturated heterocycles. The molecule has 1 aromatic heterocycles. The van der Waals surface area contributed by atoms with Crippen molar-refractivity contribution in [2.75, 3.05) is 0 Å². The second-order valence-electron chi connectivity index (χ2n) is 1.36. The van der Waals surface area contributed by atoms with E-state index in [0.717, 1.165) is 0 Å². The molecule has 0 spiro atoms. The number of hydrogen-bond acceptors (Lipinski definition) is 4. The van der Waals surface area contributed by atoms with Crippen molar-refractivity contribution in [1.29, 1.82) is 0 Å². The summed E-state index contributed by atoms with van der Waals surface area (Å²) in [7, 11) is 2.71. The molecule has 0 aliphatic heterocycles. The zero-order valence-corrected chi connectivity index (χ0v) is 6.74. The molecule has 2 N–H and O–H groups in total. The summed E-state index contributed by atoms with van der Waals surface area (Å²) in [6, 6.07) is 1.62. The Kier molecular flexibility index (Phi) is 1.94. The Morgan fingerprint density at radius 3 is 2.56 bits per heavy atom. The highest BCUT2D eigenvalue weighted by atomic mass is 32.9. The Morgan fingerprint density at radius 2 is 2.33 bits per heavy atom. The fourth-order valence-corrected chi connectivity index (χ4v) is 2.56. The number of primary amides is 1. The van der Waals surface area contributed by atoms with Crippen LogP contribution in [-0.4, -0.2) is 5.91 Å². The number of amides is 1. The van der Waals surface area contributed by atoms with Crippen LogP contribution in [0.1, 0.15) is 9.67 Å². The van der Waals surface area contributed by atoms with E-state index in [4.69, 9.17) is 18.0 Å². The molecule has 0 bridgehead atoms. The van der Waals surface area contributed by atoms with Crippen molar-refractivity contribution < 1.29 is 4.79 Å². The Bertz CT molecular complexity index is 273. The minimum absolute atomic E-state index is 0.396. The molecule has 9 heavy (non-hydrogen) atoms. The summed E-state index contributed by atoms with van der Waals surface area (Å²) in [5, 5.41) is 0. The fourth-order valence-electron chi connectivity index (χ4n) is 0.353. The van der Waals surface area contributed by atoms with Crippen LogP contribution in [0.3, 0.4) is 0 Å². The first kappa shape index (κ1) is 6.85. The summed E-state index contributed by atoms with van der Waals surface area (Å²) in [5.74, 6) is -0.396. The van der Waals surface area contributed by atoms with E-state index in [0.29, 0.717) is 8.70 Å². The Balaban J connectivity index is 3.12. The molecule has 0 radical (unpaired) electrons. The van der Waals surface area contributed by atoms with Crippen molar-refractivity contribution in [2.45, 2.75) is 0 Å². The lowest BCUT2D eigenvalue weighted by atomic mass is 10.5. The summed E-state index contributed by atoms with van der Waals surface area (Å²) in [4.78, 5) is 11.0. The first-order valence-electron chi connectivity index (χ1n) is 2.10. The highest BCUT2D eigenvalue weighted by Gasteiger charge is 2.00. The van der Waals surface area contributed by atoms with Gasteiger partial charge >= 0.3 is 0 Å². The second-order valence-corrected chi connectivity index (χ2v) is 4.27. The highest BCUT2D eigenvalue weighted by Crippen LogP contribution is 2.16. The van der Waals surface area contributed by atoms with Crippen LogP contribution in [0.5, 0.6) is 0 Å². The average Bonchev–Trinajstić information content (AvgIpc) is 2.14. The van der Waals surface area contributed by atoms with Gasteiger partial charge in [-0.15, -0.1) is 0 Å². The monoisotopic (exact) mass is 177 g/mol. The lowest BCUT2D eigenvalue weighted by Crippen LogP contribution is -2.07. The van der Waals surface area contributed by atoms with E-state index in [1.165, 1.54) is 20.7 Å². The third-order valence-electron chi connectivity index (χ3n) is 0.705. The maximum absolute atomic E-state index is 10.4. The highest BCUT2D eigenvalue weighted by molar-refractivity contribution is 7.79. The normalized spacial score (nSPS) is 9.33. The number of nitrogens with two attached hydrogens (primary N) is 1. The van der Waals surface area contributed by atoms with Crippen LogP contribution in [-0.2, 0) is 0 Å². The summed E-state index contributed by atoms with van der Waals surface area (Å²) in [5.41, 5.74) is 4.96. The first-order valence-corrected chi connectivity index (χ1v) is 4.66. The Hall–Kier alpha value is -0.260. The summed E-state index contributed by atoms with van der Waals surface area (Å²) >= 11 is 4.77. The SMILES string of the molecule is NC(=O)c1cc(=S)ss1. The van der Waals surface area contributed by atoms with E-state index >= 15 is 0 Å². The molecule has 0 aliphatic rings. The van der Waals surface area contributed by atoms with E-state index in [-0.39, 0.29) is 0 Å². The van der Waals surface area contributed by atoms with Crippen molar-refractivity contribution in [1.82, 2.24) is 0 Å². The summed E-state index contributed by atoms with van der Waals surface area (Å²) < 4.78 is 0.716. The van der Waals surface area contributed by atoms with Crippen molar-refractivity contribution in [3.63, 3.8) is 0 Å². The maximum atomic E-state index is 10.4. The van der Waals surface area contributed by atoms with Crippen LogP contribution >= 0.6 is 32.9 Å². The molecule has 0 fully saturated rings. The molecular formula is C4H3NOS3. The van der Waals surface area contributed by atoms with Gasteiger partial charge in [0, 0.05) is 0 Å². The van der Waals surface area contributed by atoms with E-state index in [1.54, 1.807) is 6.07 Å². The zero-order chi connectivity index (χ0) is 6.85. The van der Waals surface area contributed by atoms with Crippen molar-refractivity contribution >= 4 is 38.8 Å². The molecule has 1 rings (SSSR count). The van der Waals surface area contributed by atoms with Gasteiger partial charge in [-0.3, -0.25) is 4.79 Å². The number of carbonyl (C=O) groups excluding carboxylic acids is 1. The minimum atomic E-state index is -0.396. The van der Waals surface area contributed by atoms with Crippen molar-refractivity contribution in [3.8, 4) is 0 Å². The Labute approximate surface area is 64.3 Å². The van der Waals surface area contributed by atoms with Gasteiger partial charge in [-0.2, -0.15) is 0 Å².